The largest absolute Gasteiger partial charge is 0.488 e. The van der Waals surface area contributed by atoms with Crippen LogP contribution in [0.25, 0.3) is 11.1 Å². The van der Waals surface area contributed by atoms with E-state index >= 15 is 0 Å². The summed E-state index contributed by atoms with van der Waals surface area (Å²) in [6.45, 7) is 12.0. The van der Waals surface area contributed by atoms with Crippen molar-refractivity contribution in [3.05, 3.63) is 495 Å². The first-order chi connectivity index (χ1) is 56.5. The van der Waals surface area contributed by atoms with Crippen LogP contribution in [0.5, 0.6) is 0 Å². The molecule has 0 spiro atoms. The first-order valence-electron chi connectivity index (χ1n) is 38.0. The third kappa shape index (κ3) is 27.7. The molecule has 0 amide bonds. The van der Waals surface area contributed by atoms with Gasteiger partial charge in [-0.25, -0.2) is 0 Å². The number of halogens is 1. The molecule has 0 atom stereocenters. The van der Waals surface area contributed by atoms with Gasteiger partial charge < -0.3 is 10.0 Å². The molecule has 0 aliphatic heterocycles. The molecule has 15 heteroatoms. The Hall–Kier alpha value is -10.8. The molecule has 2 N–H and O–H groups in total. The molecule has 16 aromatic carbocycles. The van der Waals surface area contributed by atoms with Gasteiger partial charge in [-0.3, -0.25) is 20.2 Å². The Labute approximate surface area is 717 Å². The van der Waals surface area contributed by atoms with Crippen LogP contribution >= 0.6 is 47.6 Å². The van der Waals surface area contributed by atoms with E-state index in [0.717, 1.165) is 32.3 Å². The fourth-order valence-corrected chi connectivity index (χ4v) is 22.7. The van der Waals surface area contributed by atoms with Crippen molar-refractivity contribution >= 4 is 135 Å². The average molecular weight is 1760 g/mol. The van der Waals surface area contributed by atoms with Crippen LogP contribution in [0.4, 0.5) is 11.4 Å². The molecular weight excluding hydrogens is 1670 g/mol. The maximum atomic E-state index is 10.6. The summed E-state index contributed by atoms with van der Waals surface area (Å²) in [7, 11) is -3.14. The van der Waals surface area contributed by atoms with E-state index in [1.165, 1.54) is 92.5 Å². The predicted octanol–water partition coefficient (Wildman–Crippen LogP) is 20.6. The van der Waals surface area contributed by atoms with Gasteiger partial charge in [0, 0.05) is 49.2 Å². The molecule has 0 radical (unpaired) electrons. The Bertz CT molecular complexity index is 4680. The SMILES string of the molecule is Cc1cc(C)c(-c2ccc([N+](=O)[O-])cc2)c(C)c1.Cc1cc(C)c(B(O)O)c(C)c1.O=[N+]([O-])c1ccc(Br)cc1.[Pd].c1ccc(P(c2ccccc2)c2ccccc2)cc1.c1ccc(P(c2ccccc2)c2ccccc2)cc1.c1ccc(P(c2ccccc2)c2ccccc2)cc1.c1ccc(P(c2ccccc2)c2ccccc2)cc1. The van der Waals surface area contributed by atoms with E-state index in [0.29, 0.717) is 5.46 Å². The van der Waals surface area contributed by atoms with Crippen LogP contribution in [0.1, 0.15) is 33.4 Å². The van der Waals surface area contributed by atoms with Gasteiger partial charge in [0.15, 0.2) is 0 Å². The number of non-ortho nitro benzene ring substituents is 2. The van der Waals surface area contributed by atoms with Gasteiger partial charge in [-0.15, -0.1) is 0 Å². The summed E-state index contributed by atoms with van der Waals surface area (Å²) in [5.74, 6) is 0. The molecule has 0 aliphatic rings. The maximum Gasteiger partial charge on any atom is 0.488 e. The molecule has 0 unspecified atom stereocenters. The van der Waals surface area contributed by atoms with Crippen LogP contribution in [-0.2, 0) is 20.4 Å². The van der Waals surface area contributed by atoms with Gasteiger partial charge in [-0.05, 0) is 189 Å². The van der Waals surface area contributed by atoms with Gasteiger partial charge in [0.2, 0.25) is 0 Å². The normalized spacial score (nSPS) is 10.3. The Kier molecular flexibility index (Phi) is 37.0. The molecule has 0 saturated carbocycles. The van der Waals surface area contributed by atoms with Gasteiger partial charge in [0.05, 0.1) is 9.85 Å². The molecule has 0 bridgehead atoms. The third-order valence-corrected chi connectivity index (χ3v) is 28.6. The molecule has 0 aromatic heterocycles. The van der Waals surface area contributed by atoms with Gasteiger partial charge in [0.25, 0.3) is 11.4 Å². The van der Waals surface area contributed by atoms with Gasteiger partial charge in [0.1, 0.15) is 0 Å². The maximum absolute atomic E-state index is 10.6. The number of hydrogen-bond acceptors (Lipinski definition) is 6. The Morgan fingerprint density at radius 2 is 0.419 bits per heavy atom. The monoisotopic (exact) mass is 1760 g/mol. The van der Waals surface area contributed by atoms with Crippen molar-refractivity contribution in [1.82, 2.24) is 0 Å². The van der Waals surface area contributed by atoms with E-state index in [1.54, 1.807) is 24.3 Å². The third-order valence-electron chi connectivity index (χ3n) is 18.3. The zero-order valence-corrected chi connectivity index (χ0v) is 72.8. The molecule has 8 nitrogen and oxygen atoms in total. The van der Waals surface area contributed by atoms with Crippen LogP contribution in [0.15, 0.2) is 441 Å². The quantitative estimate of drug-likeness (QED) is 0.0429. The van der Waals surface area contributed by atoms with Crippen molar-refractivity contribution in [1.29, 1.82) is 0 Å². The van der Waals surface area contributed by atoms with Crippen LogP contribution in [0.2, 0.25) is 0 Å². The summed E-state index contributed by atoms with van der Waals surface area (Å²) < 4.78 is 0.845. The minimum absolute atomic E-state index is 0. The van der Waals surface area contributed by atoms with Crippen molar-refractivity contribution in [3.63, 3.8) is 0 Å². The number of nitrogens with zero attached hydrogens (tertiary/aromatic N) is 2. The van der Waals surface area contributed by atoms with Crippen molar-refractivity contribution < 1.29 is 40.3 Å². The van der Waals surface area contributed by atoms with Gasteiger partial charge in [-0.1, -0.05) is 426 Å². The molecule has 0 aliphatic carbocycles. The number of hydrogen-bond donors (Lipinski definition) is 2. The van der Waals surface area contributed by atoms with E-state index < -0.39 is 43.7 Å². The van der Waals surface area contributed by atoms with E-state index in [4.69, 9.17) is 10.0 Å². The standard InChI is InChI=1S/4C18H15P.C15H15NO2.C9H13BO2.C6H4BrNO2.Pd/c4*1-4-10-16(11-5-1)19(17-12-6-2-7-13-17)18-14-8-3-9-15-18;1-10-8-11(2)15(12(3)9-10)13-4-6-14(7-5-13)16(17)18;1-6-4-7(2)9(10(11)12)8(3)5-6;7-5-1-3-6(4-2-5)8(9)10;/h4*1-15H;4-9H,1-3H3;4-5,11-12H,1-3H3;1-4H;. The van der Waals surface area contributed by atoms with Gasteiger partial charge >= 0.3 is 7.12 Å². The number of benzene rings is 16. The van der Waals surface area contributed by atoms with E-state index in [1.807, 2.05) is 45.0 Å². The van der Waals surface area contributed by atoms with Crippen molar-refractivity contribution in [2.45, 2.75) is 41.5 Å². The second-order valence-corrected chi connectivity index (χ2v) is 36.7. The van der Waals surface area contributed by atoms with Gasteiger partial charge in [-0.2, -0.15) is 0 Å². The fraction of sp³-hybridized carbons (Fsp3) is 0.0588. The predicted molar refractivity (Wildman–Crippen MR) is 505 cm³/mol. The Balaban J connectivity index is 0.000000157. The second-order valence-electron chi connectivity index (χ2n) is 26.9. The number of nitro benzene ring substituents is 2. The molecule has 16 aromatic rings. The summed E-state index contributed by atoms with van der Waals surface area (Å²) in [6.07, 6.45) is 0. The molecule has 586 valence electrons. The fourth-order valence-electron chi connectivity index (χ4n) is 13.3. The van der Waals surface area contributed by atoms with Crippen LogP contribution in [0, 0.1) is 61.8 Å². The minimum atomic E-state index is -1.36. The molecule has 0 fully saturated rings. The minimum Gasteiger partial charge on any atom is -0.423 e. The first-order valence-corrected chi connectivity index (χ1v) is 44.1. The molecule has 16 rings (SSSR count). The summed E-state index contributed by atoms with van der Waals surface area (Å²) in [5, 5.41) is 55.6. The summed E-state index contributed by atoms with van der Waals surface area (Å²) in [5.41, 5.74) is 9.69. The summed E-state index contributed by atoms with van der Waals surface area (Å²) in [4.78, 5) is 19.9. The zero-order chi connectivity index (χ0) is 81.8. The van der Waals surface area contributed by atoms with Crippen molar-refractivity contribution in [2.24, 2.45) is 0 Å². The first kappa shape index (κ1) is 90.1. The van der Waals surface area contributed by atoms with Crippen molar-refractivity contribution in [3.8, 4) is 11.1 Å². The van der Waals surface area contributed by atoms with Crippen LogP contribution < -0.4 is 69.1 Å². The zero-order valence-electron chi connectivity index (χ0n) is 66.1. The van der Waals surface area contributed by atoms with E-state index in [-0.39, 0.29) is 36.7 Å². The number of aryl methyl sites for hydroxylation is 6. The van der Waals surface area contributed by atoms with E-state index in [2.05, 4.69) is 413 Å². The number of nitro groups is 2. The molecular formula is C102H92BBrN2O6P4Pd. The van der Waals surface area contributed by atoms with Crippen LogP contribution in [-0.4, -0.2) is 27.0 Å². The summed E-state index contributed by atoms with van der Waals surface area (Å²) >= 11 is 3.17. The van der Waals surface area contributed by atoms with Crippen molar-refractivity contribution in [2.75, 3.05) is 0 Å². The molecule has 0 heterocycles. The Morgan fingerprint density at radius 1 is 0.256 bits per heavy atom. The Morgan fingerprint density at radius 3 is 0.581 bits per heavy atom. The molecule has 117 heavy (non-hydrogen) atoms. The molecule has 0 saturated heterocycles. The smallest absolute Gasteiger partial charge is 0.423 e. The second kappa shape index (κ2) is 48.0. The van der Waals surface area contributed by atoms with Crippen LogP contribution in [0.3, 0.4) is 0 Å². The van der Waals surface area contributed by atoms with E-state index in [9.17, 15) is 20.2 Å². The summed E-state index contributed by atoms with van der Waals surface area (Å²) in [6, 6.07) is 150. The average Bonchev–Trinajstić information content (AvgIpc) is 0.828. The topological polar surface area (TPSA) is 127 Å². The number of rotatable bonds is 16.